The average Bonchev–Trinajstić information content (AvgIpc) is 2.93. The van der Waals surface area contributed by atoms with Crippen LogP contribution in [0, 0.1) is 0 Å². The van der Waals surface area contributed by atoms with Gasteiger partial charge in [0.05, 0.1) is 12.5 Å². The summed E-state index contributed by atoms with van der Waals surface area (Å²) in [6.07, 6.45) is 3.14. The van der Waals surface area contributed by atoms with Crippen molar-refractivity contribution in [2.75, 3.05) is 0 Å². The molecule has 1 aromatic heterocycles. The van der Waals surface area contributed by atoms with E-state index in [2.05, 4.69) is 15.3 Å². The minimum atomic E-state index is -0.752. The molecule has 6 heteroatoms. The summed E-state index contributed by atoms with van der Waals surface area (Å²) < 4.78 is 0. The SMILES string of the molecule is NC(=O)[C@H](Cc1ccccc1)NC(=O)c1cnc[nH]1. The molecule has 1 atom stereocenters. The molecule has 0 aliphatic rings. The molecule has 0 bridgehead atoms. The first-order valence-electron chi connectivity index (χ1n) is 5.79. The van der Waals surface area contributed by atoms with Gasteiger partial charge in [-0.25, -0.2) is 4.98 Å². The van der Waals surface area contributed by atoms with Crippen molar-refractivity contribution in [3.05, 3.63) is 54.1 Å². The third-order valence-electron chi connectivity index (χ3n) is 2.67. The lowest BCUT2D eigenvalue weighted by atomic mass is 10.1. The number of amides is 2. The minimum Gasteiger partial charge on any atom is -0.368 e. The van der Waals surface area contributed by atoms with E-state index in [0.717, 1.165) is 5.56 Å². The Kier molecular flexibility index (Phi) is 3.92. The molecule has 4 N–H and O–H groups in total. The molecule has 0 fully saturated rings. The maximum absolute atomic E-state index is 11.8. The van der Waals surface area contributed by atoms with Gasteiger partial charge in [0.1, 0.15) is 11.7 Å². The van der Waals surface area contributed by atoms with E-state index >= 15 is 0 Å². The van der Waals surface area contributed by atoms with Crippen LogP contribution in [0.3, 0.4) is 0 Å². The highest BCUT2D eigenvalue weighted by molar-refractivity contribution is 5.95. The van der Waals surface area contributed by atoms with Gasteiger partial charge in [0, 0.05) is 6.42 Å². The van der Waals surface area contributed by atoms with Gasteiger partial charge in [0.15, 0.2) is 0 Å². The third-order valence-corrected chi connectivity index (χ3v) is 2.67. The van der Waals surface area contributed by atoms with Crippen molar-refractivity contribution in [3.8, 4) is 0 Å². The molecule has 0 unspecified atom stereocenters. The Morgan fingerprint density at radius 1 is 1.32 bits per heavy atom. The number of primary amides is 1. The number of hydrogen-bond acceptors (Lipinski definition) is 3. The minimum absolute atomic E-state index is 0.291. The van der Waals surface area contributed by atoms with Gasteiger partial charge in [-0.1, -0.05) is 30.3 Å². The second kappa shape index (κ2) is 5.81. The van der Waals surface area contributed by atoms with Gasteiger partial charge in [0.25, 0.3) is 5.91 Å². The van der Waals surface area contributed by atoms with Crippen molar-refractivity contribution in [2.24, 2.45) is 5.73 Å². The molecule has 6 nitrogen and oxygen atoms in total. The molecule has 1 aromatic carbocycles. The first-order chi connectivity index (χ1) is 9.16. The number of carbonyl (C=O) groups is 2. The molecule has 2 amide bonds. The lowest BCUT2D eigenvalue weighted by molar-refractivity contribution is -0.119. The normalized spacial score (nSPS) is 11.8. The molecule has 0 saturated heterocycles. The molecular formula is C13H14N4O2. The number of nitrogens with zero attached hydrogens (tertiary/aromatic N) is 1. The monoisotopic (exact) mass is 258 g/mol. The Hall–Kier alpha value is -2.63. The zero-order valence-corrected chi connectivity index (χ0v) is 10.2. The second-order valence-corrected chi connectivity index (χ2v) is 4.08. The number of H-pyrrole nitrogens is 1. The van der Waals surface area contributed by atoms with E-state index in [9.17, 15) is 9.59 Å². The number of rotatable bonds is 5. The molecule has 0 saturated carbocycles. The summed E-state index contributed by atoms with van der Waals surface area (Å²) >= 11 is 0. The summed E-state index contributed by atoms with van der Waals surface area (Å²) in [5.74, 6) is -0.978. The van der Waals surface area contributed by atoms with Crippen LogP contribution in [0.25, 0.3) is 0 Å². The van der Waals surface area contributed by atoms with Crippen LogP contribution in [0.2, 0.25) is 0 Å². The summed E-state index contributed by atoms with van der Waals surface area (Å²) in [4.78, 5) is 29.6. The highest BCUT2D eigenvalue weighted by atomic mass is 16.2. The van der Waals surface area contributed by atoms with Gasteiger partial charge in [-0.15, -0.1) is 0 Å². The molecule has 2 aromatic rings. The summed E-state index contributed by atoms with van der Waals surface area (Å²) in [6, 6.07) is 8.61. The zero-order valence-electron chi connectivity index (χ0n) is 10.2. The van der Waals surface area contributed by atoms with E-state index in [1.807, 2.05) is 30.3 Å². The van der Waals surface area contributed by atoms with Crippen LogP contribution < -0.4 is 11.1 Å². The summed E-state index contributed by atoms with van der Waals surface area (Å²) in [5, 5.41) is 2.58. The average molecular weight is 258 g/mol. The summed E-state index contributed by atoms with van der Waals surface area (Å²) in [6.45, 7) is 0. The molecule has 0 aliphatic carbocycles. The fraction of sp³-hybridized carbons (Fsp3) is 0.154. The Morgan fingerprint density at radius 2 is 2.05 bits per heavy atom. The predicted octanol–water partition coefficient (Wildman–Crippen LogP) is 0.236. The topological polar surface area (TPSA) is 101 Å². The number of imidazole rings is 1. The largest absolute Gasteiger partial charge is 0.368 e. The van der Waals surface area contributed by atoms with Crippen LogP contribution in [0.5, 0.6) is 0 Å². The molecular weight excluding hydrogens is 244 g/mol. The Balaban J connectivity index is 2.05. The van der Waals surface area contributed by atoms with E-state index < -0.39 is 17.9 Å². The lowest BCUT2D eigenvalue weighted by Gasteiger charge is -2.14. The lowest BCUT2D eigenvalue weighted by Crippen LogP contribution is -2.45. The molecule has 0 spiro atoms. The maximum atomic E-state index is 11.8. The van der Waals surface area contributed by atoms with Crippen molar-refractivity contribution in [2.45, 2.75) is 12.5 Å². The smallest absolute Gasteiger partial charge is 0.270 e. The van der Waals surface area contributed by atoms with Gasteiger partial charge < -0.3 is 16.0 Å². The number of nitrogens with one attached hydrogen (secondary N) is 2. The molecule has 0 radical (unpaired) electrons. The van der Waals surface area contributed by atoms with Gasteiger partial charge >= 0.3 is 0 Å². The molecule has 0 aliphatic heterocycles. The maximum Gasteiger partial charge on any atom is 0.270 e. The summed E-state index contributed by atoms with van der Waals surface area (Å²) in [5.41, 5.74) is 6.52. The quantitative estimate of drug-likeness (QED) is 0.715. The zero-order chi connectivity index (χ0) is 13.7. The van der Waals surface area contributed by atoms with E-state index in [1.165, 1.54) is 12.5 Å². The van der Waals surface area contributed by atoms with Crippen molar-refractivity contribution < 1.29 is 9.59 Å². The van der Waals surface area contributed by atoms with Crippen LogP contribution in [-0.2, 0) is 11.2 Å². The Bertz CT molecular complexity index is 551. The van der Waals surface area contributed by atoms with Crippen molar-refractivity contribution >= 4 is 11.8 Å². The fourth-order valence-corrected chi connectivity index (χ4v) is 1.69. The van der Waals surface area contributed by atoms with Gasteiger partial charge in [-0.05, 0) is 5.56 Å². The van der Waals surface area contributed by atoms with E-state index in [0.29, 0.717) is 12.1 Å². The number of hydrogen-bond donors (Lipinski definition) is 3. The van der Waals surface area contributed by atoms with Gasteiger partial charge in [0.2, 0.25) is 5.91 Å². The summed E-state index contributed by atoms with van der Waals surface area (Å²) in [7, 11) is 0. The highest BCUT2D eigenvalue weighted by Crippen LogP contribution is 2.04. The van der Waals surface area contributed by atoms with Crippen LogP contribution in [0.1, 0.15) is 16.1 Å². The molecule has 19 heavy (non-hydrogen) atoms. The van der Waals surface area contributed by atoms with Crippen LogP contribution >= 0.6 is 0 Å². The third kappa shape index (κ3) is 3.41. The van der Waals surface area contributed by atoms with Crippen LogP contribution in [0.15, 0.2) is 42.9 Å². The second-order valence-electron chi connectivity index (χ2n) is 4.08. The molecule has 2 rings (SSSR count). The predicted molar refractivity (Wildman–Crippen MR) is 69.2 cm³/mol. The Morgan fingerprint density at radius 3 is 2.63 bits per heavy atom. The highest BCUT2D eigenvalue weighted by Gasteiger charge is 2.19. The van der Waals surface area contributed by atoms with Gasteiger partial charge in [-0.2, -0.15) is 0 Å². The van der Waals surface area contributed by atoms with Crippen LogP contribution in [0.4, 0.5) is 0 Å². The van der Waals surface area contributed by atoms with Crippen LogP contribution in [-0.4, -0.2) is 27.8 Å². The fourth-order valence-electron chi connectivity index (χ4n) is 1.69. The van der Waals surface area contributed by atoms with E-state index in [1.54, 1.807) is 0 Å². The standard InChI is InChI=1S/C13H14N4O2/c14-12(18)10(6-9-4-2-1-3-5-9)17-13(19)11-7-15-8-16-11/h1-5,7-8,10H,6H2,(H2,14,18)(H,15,16)(H,17,19)/t10-/m0/s1. The number of carbonyl (C=O) groups excluding carboxylic acids is 2. The molecule has 1 heterocycles. The number of benzene rings is 1. The number of aromatic nitrogens is 2. The van der Waals surface area contributed by atoms with E-state index in [-0.39, 0.29) is 0 Å². The molecule has 98 valence electrons. The Labute approximate surface area is 110 Å². The van der Waals surface area contributed by atoms with E-state index in [4.69, 9.17) is 5.73 Å². The first-order valence-corrected chi connectivity index (χ1v) is 5.79. The number of nitrogens with two attached hydrogens (primary N) is 1. The number of aromatic amines is 1. The van der Waals surface area contributed by atoms with Crippen molar-refractivity contribution in [1.82, 2.24) is 15.3 Å². The van der Waals surface area contributed by atoms with Gasteiger partial charge in [-0.3, -0.25) is 9.59 Å². The van der Waals surface area contributed by atoms with Crippen molar-refractivity contribution in [1.29, 1.82) is 0 Å². The van der Waals surface area contributed by atoms with Crippen molar-refractivity contribution in [3.63, 3.8) is 0 Å². The first kappa shape index (κ1) is 12.8.